The Balaban J connectivity index is 2.10. The van der Waals surface area contributed by atoms with E-state index in [1.54, 1.807) is 0 Å². The molecule has 0 aliphatic heterocycles. The molecule has 0 aliphatic carbocycles. The van der Waals surface area contributed by atoms with Crippen molar-refractivity contribution in [1.82, 2.24) is 5.32 Å². The van der Waals surface area contributed by atoms with Crippen LogP contribution in [-0.4, -0.2) is 15.9 Å². The van der Waals surface area contributed by atoms with Crippen molar-refractivity contribution in [3.05, 3.63) is 69.3 Å². The van der Waals surface area contributed by atoms with E-state index in [0.717, 1.165) is 11.3 Å². The van der Waals surface area contributed by atoms with E-state index in [1.807, 2.05) is 31.2 Å². The van der Waals surface area contributed by atoms with Gasteiger partial charge in [0, 0.05) is 22.9 Å². The number of nitro benzene ring substituents is 1. The monoisotopic (exact) mass is 329 g/mol. The zero-order chi connectivity index (χ0) is 17.0. The molecule has 2 N–H and O–H groups in total. The lowest BCUT2D eigenvalue weighted by Gasteiger charge is -2.11. The first-order valence-corrected chi connectivity index (χ1v) is 7.22. The number of thiocarbonyl (C=S) groups is 1. The topological polar surface area (TPSA) is 84.3 Å². The summed E-state index contributed by atoms with van der Waals surface area (Å²) in [7, 11) is 0. The fourth-order valence-corrected chi connectivity index (χ4v) is 2.25. The molecule has 7 heteroatoms. The van der Waals surface area contributed by atoms with E-state index in [9.17, 15) is 14.9 Å². The number of benzene rings is 2. The van der Waals surface area contributed by atoms with Crippen LogP contribution in [0.1, 0.15) is 21.5 Å². The summed E-state index contributed by atoms with van der Waals surface area (Å²) in [6.45, 7) is 3.50. The second-order valence-electron chi connectivity index (χ2n) is 4.98. The van der Waals surface area contributed by atoms with Crippen LogP contribution in [-0.2, 0) is 0 Å². The van der Waals surface area contributed by atoms with Crippen molar-refractivity contribution in [1.29, 1.82) is 0 Å². The van der Waals surface area contributed by atoms with Crippen LogP contribution >= 0.6 is 12.2 Å². The lowest BCUT2D eigenvalue weighted by molar-refractivity contribution is -0.385. The van der Waals surface area contributed by atoms with Gasteiger partial charge in [0.25, 0.3) is 11.6 Å². The molecule has 0 heterocycles. The average molecular weight is 329 g/mol. The predicted octanol–water partition coefficient (Wildman–Crippen LogP) is 3.34. The molecular formula is C16H15N3O3S. The van der Waals surface area contributed by atoms with E-state index < -0.39 is 10.8 Å². The number of carbonyl (C=O) groups is 1. The normalized spacial score (nSPS) is 10.0. The maximum Gasteiger partial charge on any atom is 0.273 e. The van der Waals surface area contributed by atoms with Gasteiger partial charge in [-0.25, -0.2) is 0 Å². The smallest absolute Gasteiger partial charge is 0.273 e. The fourth-order valence-electron chi connectivity index (χ4n) is 2.04. The van der Waals surface area contributed by atoms with Gasteiger partial charge in [-0.1, -0.05) is 23.8 Å². The van der Waals surface area contributed by atoms with E-state index >= 15 is 0 Å². The molecule has 23 heavy (non-hydrogen) atoms. The third kappa shape index (κ3) is 4.10. The average Bonchev–Trinajstić information content (AvgIpc) is 2.49. The highest BCUT2D eigenvalue weighted by atomic mass is 32.1. The molecule has 0 aliphatic rings. The first kappa shape index (κ1) is 16.6. The molecule has 0 fully saturated rings. The van der Waals surface area contributed by atoms with Crippen molar-refractivity contribution in [3.63, 3.8) is 0 Å². The van der Waals surface area contributed by atoms with E-state index in [4.69, 9.17) is 12.2 Å². The van der Waals surface area contributed by atoms with Crippen LogP contribution in [0, 0.1) is 24.0 Å². The lowest BCUT2D eigenvalue weighted by Crippen LogP contribution is -2.34. The molecule has 0 atom stereocenters. The molecule has 0 radical (unpaired) electrons. The van der Waals surface area contributed by atoms with E-state index in [2.05, 4.69) is 10.6 Å². The van der Waals surface area contributed by atoms with Gasteiger partial charge in [0.1, 0.15) is 0 Å². The summed E-state index contributed by atoms with van der Waals surface area (Å²) < 4.78 is 0. The molecule has 2 rings (SSSR count). The summed E-state index contributed by atoms with van der Waals surface area (Å²) in [4.78, 5) is 22.6. The van der Waals surface area contributed by atoms with Crippen molar-refractivity contribution in [2.24, 2.45) is 0 Å². The number of hydrogen-bond acceptors (Lipinski definition) is 4. The molecule has 6 nitrogen and oxygen atoms in total. The Labute approximate surface area is 138 Å². The first-order chi connectivity index (χ1) is 10.9. The second kappa shape index (κ2) is 6.97. The van der Waals surface area contributed by atoms with Crippen LogP contribution in [0.15, 0.2) is 42.5 Å². The molecule has 118 valence electrons. The predicted molar refractivity (Wildman–Crippen MR) is 92.7 cm³/mol. The first-order valence-electron chi connectivity index (χ1n) is 6.81. The number of amides is 1. The van der Waals surface area contributed by atoms with Crippen molar-refractivity contribution < 1.29 is 9.72 Å². The highest BCUT2D eigenvalue weighted by Crippen LogP contribution is 2.21. The molecule has 0 spiro atoms. The molecule has 0 saturated carbocycles. The third-order valence-electron chi connectivity index (χ3n) is 3.28. The Hall–Kier alpha value is -2.80. The van der Waals surface area contributed by atoms with Crippen molar-refractivity contribution in [2.75, 3.05) is 5.32 Å². The number of nitrogens with one attached hydrogen (secondary N) is 2. The van der Waals surface area contributed by atoms with E-state index in [-0.39, 0.29) is 16.4 Å². The molecule has 1 amide bonds. The number of aryl methyl sites for hydroxylation is 1. The maximum absolute atomic E-state index is 12.2. The molecule has 2 aromatic rings. The van der Waals surface area contributed by atoms with Crippen molar-refractivity contribution in [2.45, 2.75) is 13.8 Å². The molecule has 0 unspecified atom stereocenters. The third-order valence-corrected chi connectivity index (χ3v) is 3.49. The number of hydrogen-bond donors (Lipinski definition) is 2. The standard InChI is InChI=1S/C16H15N3O3S/c1-10-6-8-12(9-7-10)17-16(23)18-15(20)13-4-3-5-14(11(13)2)19(21)22/h3-9H,1-2H3,(H2,17,18,20,23). The largest absolute Gasteiger partial charge is 0.332 e. The number of rotatable bonds is 3. The zero-order valence-electron chi connectivity index (χ0n) is 12.6. The van der Waals surface area contributed by atoms with Gasteiger partial charge in [-0.05, 0) is 44.3 Å². The Morgan fingerprint density at radius 1 is 1.13 bits per heavy atom. The van der Waals surface area contributed by atoms with Crippen LogP contribution < -0.4 is 10.6 Å². The summed E-state index contributed by atoms with van der Waals surface area (Å²) in [5.41, 5.74) is 2.27. The molecule has 0 bridgehead atoms. The van der Waals surface area contributed by atoms with Crippen LogP contribution in [0.5, 0.6) is 0 Å². The van der Waals surface area contributed by atoms with Crippen molar-refractivity contribution >= 4 is 34.6 Å². The van der Waals surface area contributed by atoms with Gasteiger partial charge in [-0.15, -0.1) is 0 Å². The summed E-state index contributed by atoms with van der Waals surface area (Å²) >= 11 is 5.10. The number of nitrogens with zero attached hydrogens (tertiary/aromatic N) is 1. The van der Waals surface area contributed by atoms with Crippen LogP contribution in [0.25, 0.3) is 0 Å². The maximum atomic E-state index is 12.2. The highest BCUT2D eigenvalue weighted by Gasteiger charge is 2.18. The van der Waals surface area contributed by atoms with Crippen LogP contribution in [0.3, 0.4) is 0 Å². The summed E-state index contributed by atoms with van der Waals surface area (Å²) in [6.07, 6.45) is 0. The van der Waals surface area contributed by atoms with Gasteiger partial charge in [-0.3, -0.25) is 20.2 Å². The van der Waals surface area contributed by atoms with Crippen LogP contribution in [0.2, 0.25) is 0 Å². The van der Waals surface area contributed by atoms with E-state index in [0.29, 0.717) is 5.56 Å². The zero-order valence-corrected chi connectivity index (χ0v) is 13.4. The van der Waals surface area contributed by atoms with Crippen LogP contribution in [0.4, 0.5) is 11.4 Å². The summed E-state index contributed by atoms with van der Waals surface area (Å²) in [6, 6.07) is 11.9. The number of carbonyl (C=O) groups excluding carboxylic acids is 1. The molecule has 0 saturated heterocycles. The van der Waals surface area contributed by atoms with E-state index in [1.165, 1.54) is 25.1 Å². The number of anilines is 1. The summed E-state index contributed by atoms with van der Waals surface area (Å²) in [5.74, 6) is -0.490. The Kier molecular flexibility index (Phi) is 5.02. The van der Waals surface area contributed by atoms with Crippen molar-refractivity contribution in [3.8, 4) is 0 Å². The van der Waals surface area contributed by atoms with Gasteiger partial charge in [0.15, 0.2) is 5.11 Å². The minimum Gasteiger partial charge on any atom is -0.332 e. The van der Waals surface area contributed by atoms with Gasteiger partial charge >= 0.3 is 0 Å². The quantitative estimate of drug-likeness (QED) is 0.512. The molecule has 2 aromatic carbocycles. The molecular weight excluding hydrogens is 314 g/mol. The SMILES string of the molecule is Cc1ccc(NC(=S)NC(=O)c2cccc([N+](=O)[O-])c2C)cc1. The minimum absolute atomic E-state index is 0.102. The van der Waals surface area contributed by atoms with Gasteiger partial charge in [0.2, 0.25) is 0 Å². The minimum atomic E-state index is -0.519. The van der Waals surface area contributed by atoms with Gasteiger partial charge in [-0.2, -0.15) is 0 Å². The fraction of sp³-hybridized carbons (Fsp3) is 0.125. The number of nitro groups is 1. The Bertz CT molecular complexity index is 773. The second-order valence-corrected chi connectivity index (χ2v) is 5.39. The lowest BCUT2D eigenvalue weighted by atomic mass is 10.1. The summed E-state index contributed by atoms with van der Waals surface area (Å²) in [5, 5.41) is 16.5. The molecule has 0 aromatic heterocycles. The Morgan fingerprint density at radius 2 is 1.78 bits per heavy atom. The highest BCUT2D eigenvalue weighted by molar-refractivity contribution is 7.80. The van der Waals surface area contributed by atoms with Gasteiger partial charge in [0.05, 0.1) is 4.92 Å². The van der Waals surface area contributed by atoms with Gasteiger partial charge < -0.3 is 5.32 Å². The Morgan fingerprint density at radius 3 is 2.39 bits per heavy atom.